The van der Waals surface area contributed by atoms with Gasteiger partial charge in [-0.25, -0.2) is 8.78 Å². The van der Waals surface area contributed by atoms with Crippen LogP contribution in [0.1, 0.15) is 35.3 Å². The smallest absolute Gasteiger partial charge is 0.261 e. The van der Waals surface area contributed by atoms with E-state index in [2.05, 4.69) is 0 Å². The molecule has 3 N–H and O–H groups in total. The molecule has 0 bridgehead atoms. The largest absolute Gasteiger partial charge is 0.396 e. The Morgan fingerprint density at radius 2 is 1.59 bits per heavy atom. The van der Waals surface area contributed by atoms with Crippen LogP contribution >= 0.6 is 34.8 Å². The summed E-state index contributed by atoms with van der Waals surface area (Å²) in [6, 6.07) is 13.9. The molecule has 2 aromatic carbocycles. The molecule has 218 valence electrons. The number of halogens is 5. The lowest BCUT2D eigenvalue weighted by Crippen LogP contribution is -2.62. The number of rotatable bonds is 7. The monoisotopic (exact) mass is 624 g/mol. The summed E-state index contributed by atoms with van der Waals surface area (Å²) in [4.78, 5) is 29.7. The summed E-state index contributed by atoms with van der Waals surface area (Å²) in [7, 11) is 0. The van der Waals surface area contributed by atoms with Crippen molar-refractivity contribution < 1.29 is 23.5 Å². The minimum absolute atomic E-state index is 0.0691. The fraction of sp³-hybridized carbons (Fsp3) is 0.379. The molecule has 2 amide bonds. The van der Waals surface area contributed by atoms with E-state index >= 15 is 0 Å². The van der Waals surface area contributed by atoms with Gasteiger partial charge in [0.05, 0.1) is 22.8 Å². The summed E-state index contributed by atoms with van der Waals surface area (Å²) in [5.41, 5.74) is 7.40. The Morgan fingerprint density at radius 3 is 2.15 bits per heavy atom. The standard InChI is InChI=1S/C29H29Cl3F2N4O3/c30-18-1-4-20(5-2-18)38-24(7-14-39)22(16-25(38)21-6-3-19(31)15-23(21)32)26(40)36-11-8-28(9-12-36,27(35)41)37-13-10-29(33,34)17-37/h1-6,15-16,39H,7-14,17H2,(H2,35,41). The van der Waals surface area contributed by atoms with E-state index in [1.165, 1.54) is 4.90 Å². The first-order valence-electron chi connectivity index (χ1n) is 13.2. The molecule has 2 aliphatic heterocycles. The second kappa shape index (κ2) is 11.5. The van der Waals surface area contributed by atoms with Gasteiger partial charge in [-0.2, -0.15) is 0 Å². The van der Waals surface area contributed by atoms with Crippen LogP contribution < -0.4 is 5.73 Å². The van der Waals surface area contributed by atoms with Crippen molar-refractivity contribution in [3.63, 3.8) is 0 Å². The molecule has 7 nitrogen and oxygen atoms in total. The van der Waals surface area contributed by atoms with Crippen molar-refractivity contribution in [3.8, 4) is 16.9 Å². The Bertz CT molecular complexity index is 1470. The van der Waals surface area contributed by atoms with Crippen LogP contribution in [0.25, 0.3) is 16.9 Å². The number of nitrogens with zero attached hydrogens (tertiary/aromatic N) is 3. The minimum atomic E-state index is -2.88. The lowest BCUT2D eigenvalue weighted by Gasteiger charge is -2.45. The van der Waals surface area contributed by atoms with Gasteiger partial charge in [0, 0.05) is 66.1 Å². The van der Waals surface area contributed by atoms with Crippen molar-refractivity contribution in [2.75, 3.05) is 32.8 Å². The number of amides is 2. The number of benzene rings is 2. The highest BCUT2D eigenvalue weighted by Crippen LogP contribution is 2.39. The van der Waals surface area contributed by atoms with Crippen molar-refractivity contribution in [3.05, 3.63) is 74.9 Å². The van der Waals surface area contributed by atoms with Crippen LogP contribution in [0, 0.1) is 0 Å². The van der Waals surface area contributed by atoms with Crippen LogP contribution in [0.4, 0.5) is 8.78 Å². The quantitative estimate of drug-likeness (QED) is 0.366. The molecule has 3 aromatic rings. The third kappa shape index (κ3) is 5.70. The van der Waals surface area contributed by atoms with Crippen LogP contribution in [0.3, 0.4) is 0 Å². The first-order chi connectivity index (χ1) is 19.5. The molecule has 0 radical (unpaired) electrons. The first kappa shape index (κ1) is 29.8. The summed E-state index contributed by atoms with van der Waals surface area (Å²) in [6.45, 7) is -0.365. The van der Waals surface area contributed by atoms with E-state index in [1.807, 2.05) is 4.57 Å². The van der Waals surface area contributed by atoms with E-state index in [1.54, 1.807) is 53.4 Å². The SMILES string of the molecule is NC(=O)C1(N2CCC(F)(F)C2)CCN(C(=O)c2cc(-c3ccc(Cl)cc3Cl)n(-c3ccc(Cl)cc3)c2CCO)CC1. The Morgan fingerprint density at radius 1 is 0.927 bits per heavy atom. The fourth-order valence-corrected chi connectivity index (χ4v) is 6.57. The van der Waals surface area contributed by atoms with E-state index in [0.717, 1.165) is 0 Å². The summed E-state index contributed by atoms with van der Waals surface area (Å²) in [5, 5.41) is 11.4. The molecular weight excluding hydrogens is 597 g/mol. The molecule has 12 heteroatoms. The lowest BCUT2D eigenvalue weighted by atomic mass is 9.84. The molecule has 0 aliphatic carbocycles. The van der Waals surface area contributed by atoms with Crippen LogP contribution in [0.5, 0.6) is 0 Å². The predicted molar refractivity (Wildman–Crippen MR) is 155 cm³/mol. The van der Waals surface area contributed by atoms with Crippen molar-refractivity contribution in [2.45, 2.75) is 37.1 Å². The number of aromatic nitrogens is 1. The first-order valence-corrected chi connectivity index (χ1v) is 14.4. The van der Waals surface area contributed by atoms with E-state index in [0.29, 0.717) is 43.3 Å². The number of likely N-dealkylation sites (tertiary alicyclic amines) is 2. The van der Waals surface area contributed by atoms with Gasteiger partial charge in [0.25, 0.3) is 11.8 Å². The Balaban J connectivity index is 1.53. The van der Waals surface area contributed by atoms with Gasteiger partial charge in [0.2, 0.25) is 5.91 Å². The highest BCUT2D eigenvalue weighted by Gasteiger charge is 2.52. The van der Waals surface area contributed by atoms with Crippen molar-refractivity contribution in [1.82, 2.24) is 14.4 Å². The number of hydrogen-bond donors (Lipinski definition) is 2. The molecule has 0 unspecified atom stereocenters. The number of carbonyl (C=O) groups is 2. The summed E-state index contributed by atoms with van der Waals surface area (Å²) in [6.07, 6.45) is 0.126. The van der Waals surface area contributed by atoms with Crippen LogP contribution in [0.2, 0.25) is 15.1 Å². The highest BCUT2D eigenvalue weighted by molar-refractivity contribution is 6.36. The number of hydrogen-bond acceptors (Lipinski definition) is 4. The maximum atomic E-state index is 14.0. The van der Waals surface area contributed by atoms with E-state index in [4.69, 9.17) is 40.5 Å². The van der Waals surface area contributed by atoms with Crippen molar-refractivity contribution in [1.29, 1.82) is 0 Å². The molecule has 3 heterocycles. The number of carbonyl (C=O) groups excluding carboxylic acids is 2. The maximum absolute atomic E-state index is 14.0. The number of nitrogens with two attached hydrogens (primary N) is 1. The van der Waals surface area contributed by atoms with Gasteiger partial charge in [-0.3, -0.25) is 14.5 Å². The topological polar surface area (TPSA) is 91.8 Å². The van der Waals surface area contributed by atoms with E-state index < -0.39 is 23.9 Å². The second-order valence-corrected chi connectivity index (χ2v) is 11.8. The molecule has 1 aromatic heterocycles. The van der Waals surface area contributed by atoms with Gasteiger partial charge in [-0.15, -0.1) is 0 Å². The zero-order valence-corrected chi connectivity index (χ0v) is 24.3. The molecule has 41 heavy (non-hydrogen) atoms. The van der Waals surface area contributed by atoms with Gasteiger partial charge in [0.15, 0.2) is 0 Å². The number of alkyl halides is 2. The number of aliphatic hydroxyl groups excluding tert-OH is 1. The third-order valence-corrected chi connectivity index (χ3v) is 8.88. The maximum Gasteiger partial charge on any atom is 0.261 e. The average Bonchev–Trinajstić information content (AvgIpc) is 3.49. The molecule has 2 saturated heterocycles. The lowest BCUT2D eigenvalue weighted by molar-refractivity contribution is -0.133. The molecule has 2 fully saturated rings. The van der Waals surface area contributed by atoms with Gasteiger partial charge in [0.1, 0.15) is 5.54 Å². The van der Waals surface area contributed by atoms with Crippen molar-refractivity contribution >= 4 is 46.6 Å². The second-order valence-electron chi connectivity index (χ2n) is 10.5. The number of piperidine rings is 1. The Hall–Kier alpha value is -2.69. The Labute approximate surface area is 251 Å². The van der Waals surface area contributed by atoms with E-state index in [-0.39, 0.29) is 57.8 Å². The minimum Gasteiger partial charge on any atom is -0.396 e. The number of aliphatic hydroxyl groups is 1. The Kier molecular flexibility index (Phi) is 8.38. The molecule has 2 aliphatic rings. The highest BCUT2D eigenvalue weighted by atomic mass is 35.5. The zero-order valence-electron chi connectivity index (χ0n) is 22.1. The van der Waals surface area contributed by atoms with Gasteiger partial charge in [-0.1, -0.05) is 34.8 Å². The molecule has 0 spiro atoms. The zero-order chi connectivity index (χ0) is 29.5. The molecule has 0 atom stereocenters. The van der Waals surface area contributed by atoms with Crippen molar-refractivity contribution in [2.24, 2.45) is 5.73 Å². The van der Waals surface area contributed by atoms with Crippen LogP contribution in [0.15, 0.2) is 48.5 Å². The van der Waals surface area contributed by atoms with E-state index in [9.17, 15) is 23.5 Å². The molecular formula is C29H29Cl3F2N4O3. The summed E-state index contributed by atoms with van der Waals surface area (Å²) >= 11 is 18.9. The van der Waals surface area contributed by atoms with Crippen LogP contribution in [-0.2, 0) is 11.2 Å². The predicted octanol–water partition coefficient (Wildman–Crippen LogP) is 5.44. The van der Waals surface area contributed by atoms with Gasteiger partial charge >= 0.3 is 0 Å². The summed E-state index contributed by atoms with van der Waals surface area (Å²) in [5.74, 6) is -3.84. The fourth-order valence-electron chi connectivity index (χ4n) is 5.94. The molecule has 0 saturated carbocycles. The van der Waals surface area contributed by atoms with Gasteiger partial charge < -0.3 is 20.3 Å². The normalized spacial score (nSPS) is 18.5. The molecule has 5 rings (SSSR count). The van der Waals surface area contributed by atoms with Crippen LogP contribution in [-0.4, -0.2) is 75.5 Å². The average molecular weight is 626 g/mol. The third-order valence-electron chi connectivity index (χ3n) is 8.09. The number of primary amides is 1. The van der Waals surface area contributed by atoms with Gasteiger partial charge in [-0.05, 0) is 61.4 Å². The summed E-state index contributed by atoms with van der Waals surface area (Å²) < 4.78 is 29.9.